The number of benzene rings is 2. The van der Waals surface area contributed by atoms with Crippen LogP contribution in [0, 0.1) is 5.82 Å². The van der Waals surface area contributed by atoms with Crippen molar-refractivity contribution in [2.45, 2.75) is 6.92 Å². The fourth-order valence-electron chi connectivity index (χ4n) is 2.32. The Bertz CT molecular complexity index is 797. The van der Waals surface area contributed by atoms with Crippen molar-refractivity contribution >= 4 is 11.6 Å². The van der Waals surface area contributed by atoms with Crippen LogP contribution >= 0.6 is 0 Å². The minimum Gasteiger partial charge on any atom is -0.355 e. The van der Waals surface area contributed by atoms with E-state index in [1.807, 2.05) is 37.3 Å². The second-order valence-corrected chi connectivity index (χ2v) is 4.97. The predicted octanol–water partition coefficient (Wildman–Crippen LogP) is 4.15. The van der Waals surface area contributed by atoms with E-state index in [0.29, 0.717) is 18.0 Å². The summed E-state index contributed by atoms with van der Waals surface area (Å²) >= 11 is 0. The molecule has 0 fully saturated rings. The molecule has 0 radical (unpaired) electrons. The lowest BCUT2D eigenvalue weighted by Crippen LogP contribution is -2.30. The third kappa shape index (κ3) is 3.13. The number of carbonyl (C=O) groups excluding carboxylic acids is 1. The highest BCUT2D eigenvalue weighted by molar-refractivity contribution is 6.05. The molecule has 0 saturated heterocycles. The van der Waals surface area contributed by atoms with Crippen molar-refractivity contribution in [2.75, 3.05) is 11.4 Å². The third-order valence-corrected chi connectivity index (χ3v) is 3.49. The lowest BCUT2D eigenvalue weighted by atomic mass is 10.1. The average Bonchev–Trinajstić information content (AvgIpc) is 3.08. The molecule has 3 aromatic rings. The SMILES string of the molecule is CCN(C(=O)c1cc(-c2ccccc2)on1)c1ccc(F)cc1. The van der Waals surface area contributed by atoms with Gasteiger partial charge >= 0.3 is 0 Å². The minimum absolute atomic E-state index is 0.218. The average molecular weight is 310 g/mol. The van der Waals surface area contributed by atoms with Gasteiger partial charge in [0.15, 0.2) is 11.5 Å². The molecule has 0 aliphatic rings. The van der Waals surface area contributed by atoms with Gasteiger partial charge in [-0.15, -0.1) is 0 Å². The molecule has 5 heteroatoms. The van der Waals surface area contributed by atoms with E-state index in [-0.39, 0.29) is 17.4 Å². The first kappa shape index (κ1) is 15.0. The van der Waals surface area contributed by atoms with Crippen LogP contribution in [0.3, 0.4) is 0 Å². The number of rotatable bonds is 4. The number of nitrogens with zero attached hydrogens (tertiary/aromatic N) is 2. The van der Waals surface area contributed by atoms with E-state index >= 15 is 0 Å². The van der Waals surface area contributed by atoms with Crippen molar-refractivity contribution in [3.63, 3.8) is 0 Å². The Morgan fingerprint density at radius 1 is 1.13 bits per heavy atom. The smallest absolute Gasteiger partial charge is 0.280 e. The minimum atomic E-state index is -0.343. The molecule has 1 heterocycles. The van der Waals surface area contributed by atoms with Crippen LogP contribution in [-0.2, 0) is 0 Å². The van der Waals surface area contributed by atoms with Gasteiger partial charge in [-0.05, 0) is 31.2 Å². The molecule has 0 aliphatic carbocycles. The summed E-state index contributed by atoms with van der Waals surface area (Å²) in [4.78, 5) is 14.1. The number of amides is 1. The maximum Gasteiger partial charge on any atom is 0.280 e. The molecule has 0 bridgehead atoms. The van der Waals surface area contributed by atoms with Crippen molar-refractivity contribution in [1.29, 1.82) is 0 Å². The van der Waals surface area contributed by atoms with Gasteiger partial charge in [0.1, 0.15) is 5.82 Å². The molecule has 0 saturated carbocycles. The monoisotopic (exact) mass is 310 g/mol. The predicted molar refractivity (Wildman–Crippen MR) is 85.7 cm³/mol. The van der Waals surface area contributed by atoms with E-state index in [9.17, 15) is 9.18 Å². The molecule has 3 rings (SSSR count). The van der Waals surface area contributed by atoms with Crippen LogP contribution in [0.15, 0.2) is 65.2 Å². The molecule has 0 spiro atoms. The Hall–Kier alpha value is -2.95. The van der Waals surface area contributed by atoms with Gasteiger partial charge in [-0.2, -0.15) is 0 Å². The Labute approximate surface area is 133 Å². The summed E-state index contributed by atoms with van der Waals surface area (Å²) in [5, 5.41) is 3.86. The van der Waals surface area contributed by atoms with Gasteiger partial charge in [0, 0.05) is 23.9 Å². The zero-order valence-corrected chi connectivity index (χ0v) is 12.6. The summed E-state index contributed by atoms with van der Waals surface area (Å²) < 4.78 is 18.3. The molecule has 1 aromatic heterocycles. The van der Waals surface area contributed by atoms with Crippen LogP contribution in [0.4, 0.5) is 10.1 Å². The Morgan fingerprint density at radius 2 is 1.83 bits per heavy atom. The second-order valence-electron chi connectivity index (χ2n) is 4.97. The van der Waals surface area contributed by atoms with Crippen LogP contribution < -0.4 is 4.90 Å². The van der Waals surface area contributed by atoms with Gasteiger partial charge in [-0.25, -0.2) is 4.39 Å². The number of halogens is 1. The van der Waals surface area contributed by atoms with Gasteiger partial charge < -0.3 is 9.42 Å². The number of anilines is 1. The van der Waals surface area contributed by atoms with E-state index in [1.165, 1.54) is 17.0 Å². The third-order valence-electron chi connectivity index (χ3n) is 3.49. The highest BCUT2D eigenvalue weighted by atomic mass is 19.1. The lowest BCUT2D eigenvalue weighted by molar-refractivity contribution is 0.0979. The molecule has 2 aromatic carbocycles. The van der Waals surface area contributed by atoms with Crippen molar-refractivity contribution < 1.29 is 13.7 Å². The molecular formula is C18H15FN2O2. The van der Waals surface area contributed by atoms with E-state index in [4.69, 9.17) is 4.52 Å². The molecule has 0 atom stereocenters. The summed E-state index contributed by atoms with van der Waals surface area (Å²) in [7, 11) is 0. The van der Waals surface area contributed by atoms with E-state index < -0.39 is 0 Å². The molecule has 0 unspecified atom stereocenters. The van der Waals surface area contributed by atoms with Gasteiger partial charge in [0.2, 0.25) is 0 Å². The summed E-state index contributed by atoms with van der Waals surface area (Å²) in [6.45, 7) is 2.29. The maximum atomic E-state index is 13.0. The van der Waals surface area contributed by atoms with E-state index in [0.717, 1.165) is 5.56 Å². The van der Waals surface area contributed by atoms with Crippen molar-refractivity contribution in [3.05, 3.63) is 72.2 Å². The zero-order valence-electron chi connectivity index (χ0n) is 12.6. The van der Waals surface area contributed by atoms with Gasteiger partial charge in [-0.1, -0.05) is 35.5 Å². The fourth-order valence-corrected chi connectivity index (χ4v) is 2.32. The fraction of sp³-hybridized carbons (Fsp3) is 0.111. The van der Waals surface area contributed by atoms with E-state index in [2.05, 4.69) is 5.16 Å². The molecule has 0 aliphatic heterocycles. The van der Waals surface area contributed by atoms with Gasteiger partial charge in [0.25, 0.3) is 5.91 Å². The summed E-state index contributed by atoms with van der Waals surface area (Å²) in [6, 6.07) is 16.8. The summed E-state index contributed by atoms with van der Waals surface area (Å²) in [5.41, 5.74) is 1.68. The lowest BCUT2D eigenvalue weighted by Gasteiger charge is -2.19. The first-order valence-corrected chi connectivity index (χ1v) is 7.28. The molecule has 1 amide bonds. The summed E-state index contributed by atoms with van der Waals surface area (Å²) in [6.07, 6.45) is 0. The molecule has 0 N–H and O–H groups in total. The van der Waals surface area contributed by atoms with Crippen LogP contribution in [0.1, 0.15) is 17.4 Å². The van der Waals surface area contributed by atoms with Gasteiger partial charge in [-0.3, -0.25) is 4.79 Å². The van der Waals surface area contributed by atoms with Crippen LogP contribution in [0.5, 0.6) is 0 Å². The van der Waals surface area contributed by atoms with Crippen LogP contribution in [0.25, 0.3) is 11.3 Å². The highest BCUT2D eigenvalue weighted by Gasteiger charge is 2.20. The number of hydrogen-bond acceptors (Lipinski definition) is 3. The second kappa shape index (κ2) is 6.44. The topological polar surface area (TPSA) is 46.3 Å². The summed E-state index contributed by atoms with van der Waals surface area (Å²) in [5.74, 6) is -0.0980. The van der Waals surface area contributed by atoms with Crippen molar-refractivity contribution in [2.24, 2.45) is 0 Å². The first-order chi connectivity index (χ1) is 11.2. The van der Waals surface area contributed by atoms with Crippen molar-refractivity contribution in [3.8, 4) is 11.3 Å². The number of carbonyl (C=O) groups is 1. The molecule has 116 valence electrons. The van der Waals surface area contributed by atoms with Crippen LogP contribution in [-0.4, -0.2) is 17.6 Å². The standard InChI is InChI=1S/C18H15FN2O2/c1-2-21(15-10-8-14(19)9-11-15)18(22)16-12-17(23-20-16)13-6-4-3-5-7-13/h3-12H,2H2,1H3. The molecular weight excluding hydrogens is 295 g/mol. The first-order valence-electron chi connectivity index (χ1n) is 7.28. The number of hydrogen-bond donors (Lipinski definition) is 0. The normalized spacial score (nSPS) is 10.5. The number of aromatic nitrogens is 1. The molecule has 23 heavy (non-hydrogen) atoms. The largest absolute Gasteiger partial charge is 0.355 e. The van der Waals surface area contributed by atoms with E-state index in [1.54, 1.807) is 18.2 Å². The Kier molecular flexibility index (Phi) is 4.19. The Morgan fingerprint density at radius 3 is 2.48 bits per heavy atom. The molecule has 4 nitrogen and oxygen atoms in total. The van der Waals surface area contributed by atoms with Crippen LogP contribution in [0.2, 0.25) is 0 Å². The Balaban J connectivity index is 1.87. The quantitative estimate of drug-likeness (QED) is 0.727. The van der Waals surface area contributed by atoms with Crippen molar-refractivity contribution in [1.82, 2.24) is 5.16 Å². The maximum absolute atomic E-state index is 13.0. The van der Waals surface area contributed by atoms with Gasteiger partial charge in [0.05, 0.1) is 0 Å². The zero-order chi connectivity index (χ0) is 16.2. The highest BCUT2D eigenvalue weighted by Crippen LogP contribution is 2.22.